The number of benzene rings is 2. The van der Waals surface area contributed by atoms with Gasteiger partial charge in [0.2, 0.25) is 0 Å². The van der Waals surface area contributed by atoms with Crippen molar-refractivity contribution >= 4 is 17.4 Å². The third-order valence-corrected chi connectivity index (χ3v) is 3.37. The molecule has 0 radical (unpaired) electrons. The highest BCUT2D eigenvalue weighted by molar-refractivity contribution is 6.15. The Kier molecular flexibility index (Phi) is 4.08. The van der Waals surface area contributed by atoms with Crippen molar-refractivity contribution in [1.29, 1.82) is 0 Å². The van der Waals surface area contributed by atoms with Gasteiger partial charge in [0, 0.05) is 30.9 Å². The monoisotopic (exact) mass is 283 g/mol. The summed E-state index contributed by atoms with van der Waals surface area (Å²) in [6.45, 7) is 1.85. The van der Waals surface area contributed by atoms with Crippen molar-refractivity contribution in [1.82, 2.24) is 0 Å². The van der Waals surface area contributed by atoms with E-state index in [1.807, 2.05) is 38.1 Å². The maximum atomic E-state index is 12.6. The van der Waals surface area contributed by atoms with Crippen molar-refractivity contribution in [3.63, 3.8) is 0 Å². The minimum absolute atomic E-state index is 0.0265. The average Bonchev–Trinajstić information content (AvgIpc) is 2.46. The number of aryl methyl sites for hydroxylation is 1. The van der Waals surface area contributed by atoms with E-state index in [-0.39, 0.29) is 16.9 Å². The number of carboxylic acids is 1. The highest BCUT2D eigenvalue weighted by Crippen LogP contribution is 2.21. The van der Waals surface area contributed by atoms with Gasteiger partial charge in [0.1, 0.15) is 0 Å². The molecule has 21 heavy (non-hydrogen) atoms. The Labute approximate surface area is 123 Å². The molecule has 4 heteroatoms. The minimum Gasteiger partial charge on any atom is -0.478 e. The number of hydrogen-bond donors (Lipinski definition) is 1. The molecule has 4 nitrogen and oxygen atoms in total. The van der Waals surface area contributed by atoms with Crippen molar-refractivity contribution < 1.29 is 14.7 Å². The van der Waals surface area contributed by atoms with Gasteiger partial charge in [-0.3, -0.25) is 4.79 Å². The van der Waals surface area contributed by atoms with Gasteiger partial charge in [0.05, 0.1) is 5.56 Å². The van der Waals surface area contributed by atoms with E-state index in [1.165, 1.54) is 6.07 Å². The van der Waals surface area contributed by atoms with Crippen LogP contribution in [0.4, 0.5) is 5.69 Å². The lowest BCUT2D eigenvalue weighted by Gasteiger charge is -2.15. The zero-order valence-electron chi connectivity index (χ0n) is 12.3. The molecule has 0 aliphatic heterocycles. The van der Waals surface area contributed by atoms with Crippen LogP contribution < -0.4 is 4.90 Å². The van der Waals surface area contributed by atoms with Crippen LogP contribution in [0.5, 0.6) is 0 Å². The Bertz CT molecular complexity index is 705. The van der Waals surface area contributed by atoms with Gasteiger partial charge in [-0.1, -0.05) is 18.2 Å². The van der Waals surface area contributed by atoms with E-state index in [4.69, 9.17) is 0 Å². The molecule has 2 aromatic rings. The summed E-state index contributed by atoms with van der Waals surface area (Å²) >= 11 is 0. The van der Waals surface area contributed by atoms with E-state index in [1.54, 1.807) is 24.3 Å². The number of ketones is 1. The fourth-order valence-corrected chi connectivity index (χ4v) is 2.19. The zero-order chi connectivity index (χ0) is 15.6. The van der Waals surface area contributed by atoms with E-state index in [2.05, 4.69) is 0 Å². The topological polar surface area (TPSA) is 57.6 Å². The largest absolute Gasteiger partial charge is 0.478 e. The maximum Gasteiger partial charge on any atom is 0.336 e. The molecular weight excluding hydrogens is 266 g/mol. The Morgan fingerprint density at radius 2 is 1.57 bits per heavy atom. The summed E-state index contributed by atoms with van der Waals surface area (Å²) in [6, 6.07) is 11.8. The first-order valence-electron chi connectivity index (χ1n) is 6.57. The first-order chi connectivity index (χ1) is 9.91. The van der Waals surface area contributed by atoms with Crippen LogP contribution in [0.1, 0.15) is 31.8 Å². The predicted molar refractivity (Wildman–Crippen MR) is 82.3 cm³/mol. The zero-order valence-corrected chi connectivity index (χ0v) is 12.3. The Morgan fingerprint density at radius 3 is 2.10 bits per heavy atom. The van der Waals surface area contributed by atoms with Gasteiger partial charge >= 0.3 is 5.97 Å². The van der Waals surface area contributed by atoms with Crippen LogP contribution in [0.2, 0.25) is 0 Å². The van der Waals surface area contributed by atoms with Gasteiger partial charge in [-0.2, -0.15) is 0 Å². The second-order valence-corrected chi connectivity index (χ2v) is 5.07. The molecule has 0 unspecified atom stereocenters. The summed E-state index contributed by atoms with van der Waals surface area (Å²) in [5.41, 5.74) is 2.58. The van der Waals surface area contributed by atoms with Crippen LogP contribution in [0.25, 0.3) is 0 Å². The summed E-state index contributed by atoms with van der Waals surface area (Å²) in [5.74, 6) is -1.36. The van der Waals surface area contributed by atoms with E-state index in [0.29, 0.717) is 5.56 Å². The first-order valence-corrected chi connectivity index (χ1v) is 6.57. The smallest absolute Gasteiger partial charge is 0.336 e. The normalized spacial score (nSPS) is 10.2. The highest BCUT2D eigenvalue weighted by atomic mass is 16.4. The molecule has 1 N–H and O–H groups in total. The van der Waals surface area contributed by atoms with Crippen LogP contribution in [-0.4, -0.2) is 31.0 Å². The average molecular weight is 283 g/mol. The number of aromatic carboxylic acids is 1. The van der Waals surface area contributed by atoms with Crippen molar-refractivity contribution in [3.8, 4) is 0 Å². The van der Waals surface area contributed by atoms with Crippen LogP contribution in [0, 0.1) is 6.92 Å². The van der Waals surface area contributed by atoms with Crippen molar-refractivity contribution in [3.05, 3.63) is 64.7 Å². The summed E-state index contributed by atoms with van der Waals surface area (Å²) < 4.78 is 0. The van der Waals surface area contributed by atoms with E-state index in [0.717, 1.165) is 11.3 Å². The molecule has 0 saturated heterocycles. The lowest BCUT2D eigenvalue weighted by molar-refractivity contribution is 0.0693. The van der Waals surface area contributed by atoms with Crippen molar-refractivity contribution in [2.45, 2.75) is 6.92 Å². The standard InChI is InChI=1S/C17H17NO3/c1-11-10-12(18(2)3)8-9-13(11)16(19)14-6-4-5-7-15(14)17(20)21/h4-10H,1-3H3,(H,20,21). The van der Waals surface area contributed by atoms with E-state index >= 15 is 0 Å². The highest BCUT2D eigenvalue weighted by Gasteiger charge is 2.18. The second kappa shape index (κ2) is 5.79. The number of anilines is 1. The Balaban J connectivity index is 2.48. The SMILES string of the molecule is Cc1cc(N(C)C)ccc1C(=O)c1ccccc1C(=O)O. The summed E-state index contributed by atoms with van der Waals surface area (Å²) in [6.07, 6.45) is 0. The number of carbonyl (C=O) groups is 2. The third-order valence-electron chi connectivity index (χ3n) is 3.37. The Hall–Kier alpha value is -2.62. The van der Waals surface area contributed by atoms with Gasteiger partial charge < -0.3 is 10.0 Å². The fourth-order valence-electron chi connectivity index (χ4n) is 2.19. The molecule has 108 valence electrons. The van der Waals surface area contributed by atoms with Crippen molar-refractivity contribution in [2.75, 3.05) is 19.0 Å². The second-order valence-electron chi connectivity index (χ2n) is 5.07. The van der Waals surface area contributed by atoms with Crippen LogP contribution in [0.15, 0.2) is 42.5 Å². The Morgan fingerprint density at radius 1 is 0.952 bits per heavy atom. The number of carboxylic acid groups (broad SMARTS) is 1. The molecule has 0 spiro atoms. The van der Waals surface area contributed by atoms with Crippen LogP contribution in [0.3, 0.4) is 0 Å². The fraction of sp³-hybridized carbons (Fsp3) is 0.176. The van der Waals surface area contributed by atoms with Crippen molar-refractivity contribution in [2.24, 2.45) is 0 Å². The molecule has 0 aromatic heterocycles. The number of hydrogen-bond acceptors (Lipinski definition) is 3. The van der Waals surface area contributed by atoms with Gasteiger partial charge in [-0.15, -0.1) is 0 Å². The number of carbonyl (C=O) groups excluding carboxylic acids is 1. The van der Waals surface area contributed by atoms with Gasteiger partial charge in [0.25, 0.3) is 0 Å². The number of nitrogens with zero attached hydrogens (tertiary/aromatic N) is 1. The number of rotatable bonds is 4. The van der Waals surface area contributed by atoms with Gasteiger partial charge in [0.15, 0.2) is 5.78 Å². The molecule has 2 rings (SSSR count). The lowest BCUT2D eigenvalue weighted by atomic mass is 9.95. The van der Waals surface area contributed by atoms with Crippen LogP contribution >= 0.6 is 0 Å². The predicted octanol–water partition coefficient (Wildman–Crippen LogP) is 2.99. The first kappa shape index (κ1) is 14.8. The molecule has 0 fully saturated rings. The minimum atomic E-state index is -1.10. The molecule has 0 aliphatic carbocycles. The molecule has 0 bridgehead atoms. The van der Waals surface area contributed by atoms with Gasteiger partial charge in [-0.25, -0.2) is 4.79 Å². The summed E-state index contributed by atoms with van der Waals surface area (Å²) in [5, 5.41) is 9.19. The molecule has 0 heterocycles. The van der Waals surface area contributed by atoms with E-state index < -0.39 is 5.97 Å². The summed E-state index contributed by atoms with van der Waals surface area (Å²) in [4.78, 5) is 25.8. The van der Waals surface area contributed by atoms with E-state index in [9.17, 15) is 14.7 Å². The molecule has 0 amide bonds. The molecule has 2 aromatic carbocycles. The molecule has 0 atom stereocenters. The quantitative estimate of drug-likeness (QED) is 0.876. The van der Waals surface area contributed by atoms with Crippen LogP contribution in [-0.2, 0) is 0 Å². The molecular formula is C17H17NO3. The lowest BCUT2D eigenvalue weighted by Crippen LogP contribution is -2.12. The third kappa shape index (κ3) is 2.94. The maximum absolute atomic E-state index is 12.6. The summed E-state index contributed by atoms with van der Waals surface area (Å²) in [7, 11) is 3.85. The molecule has 0 saturated carbocycles. The van der Waals surface area contributed by atoms with Gasteiger partial charge in [-0.05, 0) is 36.8 Å². The molecule has 0 aliphatic rings.